The number of carbonyl (C=O) groups is 1. The molecular formula is C17H17Cl2NO5S. The van der Waals surface area contributed by atoms with E-state index in [4.69, 9.17) is 27.9 Å². The molecule has 0 spiro atoms. The van der Waals surface area contributed by atoms with Gasteiger partial charge < -0.3 is 9.84 Å². The van der Waals surface area contributed by atoms with Gasteiger partial charge in [0.25, 0.3) is 0 Å². The zero-order valence-corrected chi connectivity index (χ0v) is 16.2. The first-order valence-corrected chi connectivity index (χ1v) is 9.83. The average Bonchev–Trinajstić information content (AvgIpc) is 2.58. The van der Waals surface area contributed by atoms with Crippen LogP contribution in [0.3, 0.4) is 0 Å². The van der Waals surface area contributed by atoms with Gasteiger partial charge >= 0.3 is 5.97 Å². The first-order valence-electron chi connectivity index (χ1n) is 7.63. The monoisotopic (exact) mass is 417 g/mol. The molecule has 2 aromatic rings. The summed E-state index contributed by atoms with van der Waals surface area (Å²) in [5.41, 5.74) is 0.660. The van der Waals surface area contributed by atoms with E-state index in [0.717, 1.165) is 10.4 Å². The predicted octanol–water partition coefficient (Wildman–Crippen LogP) is 3.45. The van der Waals surface area contributed by atoms with Gasteiger partial charge in [0.05, 0.1) is 11.6 Å². The van der Waals surface area contributed by atoms with Gasteiger partial charge in [-0.25, -0.2) is 8.42 Å². The van der Waals surface area contributed by atoms with Crippen molar-refractivity contribution < 1.29 is 23.1 Å². The van der Waals surface area contributed by atoms with Gasteiger partial charge in [0, 0.05) is 11.6 Å². The number of nitrogens with zero attached hydrogens (tertiary/aromatic N) is 1. The number of phenols is 1. The molecule has 0 bridgehead atoms. The molecule has 0 saturated heterocycles. The zero-order chi connectivity index (χ0) is 19.3. The van der Waals surface area contributed by atoms with Crippen molar-refractivity contribution in [2.75, 3.05) is 13.2 Å². The maximum Gasteiger partial charge on any atom is 0.321 e. The summed E-state index contributed by atoms with van der Waals surface area (Å²) >= 11 is 11.7. The van der Waals surface area contributed by atoms with Crippen LogP contribution in [0.4, 0.5) is 0 Å². The van der Waals surface area contributed by atoms with E-state index in [2.05, 4.69) is 0 Å². The predicted molar refractivity (Wildman–Crippen MR) is 98.8 cm³/mol. The molecule has 1 N–H and O–H groups in total. The maximum absolute atomic E-state index is 13.0. The molecule has 0 heterocycles. The van der Waals surface area contributed by atoms with Crippen LogP contribution in [-0.4, -0.2) is 37.0 Å². The number of esters is 1. The van der Waals surface area contributed by atoms with Crippen molar-refractivity contribution >= 4 is 39.2 Å². The van der Waals surface area contributed by atoms with Gasteiger partial charge in [-0.3, -0.25) is 4.79 Å². The first-order chi connectivity index (χ1) is 12.3. The molecule has 0 amide bonds. The molecule has 26 heavy (non-hydrogen) atoms. The molecule has 9 heteroatoms. The van der Waals surface area contributed by atoms with Crippen LogP contribution in [0.2, 0.25) is 10.0 Å². The molecule has 0 saturated carbocycles. The minimum atomic E-state index is -4.27. The number of carbonyl (C=O) groups excluding carboxylic acids is 1. The highest BCUT2D eigenvalue weighted by Gasteiger charge is 2.31. The van der Waals surface area contributed by atoms with E-state index >= 15 is 0 Å². The molecule has 6 nitrogen and oxygen atoms in total. The van der Waals surface area contributed by atoms with Gasteiger partial charge in [0.15, 0.2) is 5.75 Å². The van der Waals surface area contributed by atoms with Crippen LogP contribution in [0.15, 0.2) is 47.4 Å². The number of sulfonamides is 1. The van der Waals surface area contributed by atoms with Crippen molar-refractivity contribution in [2.24, 2.45) is 0 Å². The van der Waals surface area contributed by atoms with Crippen LogP contribution in [0.25, 0.3) is 0 Å². The van der Waals surface area contributed by atoms with Gasteiger partial charge in [-0.05, 0) is 24.6 Å². The fourth-order valence-corrected chi connectivity index (χ4v) is 4.36. The van der Waals surface area contributed by atoms with Crippen LogP contribution < -0.4 is 0 Å². The third kappa shape index (κ3) is 4.88. The van der Waals surface area contributed by atoms with Crippen LogP contribution in [0, 0.1) is 0 Å². The van der Waals surface area contributed by atoms with Gasteiger partial charge in [0.2, 0.25) is 10.0 Å². The molecule has 0 unspecified atom stereocenters. The van der Waals surface area contributed by atoms with E-state index < -0.39 is 33.2 Å². The molecule has 0 aliphatic carbocycles. The van der Waals surface area contributed by atoms with Crippen LogP contribution in [-0.2, 0) is 26.1 Å². The Morgan fingerprint density at radius 1 is 1.19 bits per heavy atom. The van der Waals surface area contributed by atoms with E-state index in [9.17, 15) is 18.3 Å². The van der Waals surface area contributed by atoms with Crippen molar-refractivity contribution in [3.63, 3.8) is 0 Å². The summed E-state index contributed by atoms with van der Waals surface area (Å²) in [6.07, 6.45) is 0. The molecule has 0 atom stereocenters. The van der Waals surface area contributed by atoms with E-state index in [1.807, 2.05) is 0 Å². The summed E-state index contributed by atoms with van der Waals surface area (Å²) in [7, 11) is -4.27. The minimum absolute atomic E-state index is 0.0437. The lowest BCUT2D eigenvalue weighted by molar-refractivity contribution is -0.143. The largest absolute Gasteiger partial charge is 0.505 e. The Labute approximate surface area is 162 Å². The van der Waals surface area contributed by atoms with Crippen molar-refractivity contribution in [3.05, 3.63) is 58.1 Å². The molecule has 0 aromatic heterocycles. The van der Waals surface area contributed by atoms with Crippen LogP contribution in [0.5, 0.6) is 5.75 Å². The fraction of sp³-hybridized carbons (Fsp3) is 0.235. The normalized spacial score (nSPS) is 11.5. The number of benzene rings is 2. The van der Waals surface area contributed by atoms with E-state index in [1.54, 1.807) is 37.3 Å². The highest BCUT2D eigenvalue weighted by molar-refractivity contribution is 7.89. The lowest BCUT2D eigenvalue weighted by atomic mass is 10.2. The molecule has 2 rings (SSSR count). The van der Waals surface area contributed by atoms with Crippen molar-refractivity contribution in [1.29, 1.82) is 0 Å². The smallest absolute Gasteiger partial charge is 0.321 e. The molecule has 0 radical (unpaired) electrons. The van der Waals surface area contributed by atoms with E-state index in [-0.39, 0.29) is 23.2 Å². The zero-order valence-electron chi connectivity index (χ0n) is 13.9. The second-order valence-corrected chi connectivity index (χ2v) is 8.05. The minimum Gasteiger partial charge on any atom is -0.505 e. The van der Waals surface area contributed by atoms with Crippen LogP contribution in [0.1, 0.15) is 12.5 Å². The van der Waals surface area contributed by atoms with E-state index in [0.29, 0.717) is 5.56 Å². The summed E-state index contributed by atoms with van der Waals surface area (Å²) in [6.45, 7) is 1.13. The van der Waals surface area contributed by atoms with Gasteiger partial charge in [0.1, 0.15) is 11.4 Å². The van der Waals surface area contributed by atoms with Gasteiger partial charge in [-0.15, -0.1) is 0 Å². The van der Waals surface area contributed by atoms with Crippen molar-refractivity contribution in [1.82, 2.24) is 4.31 Å². The summed E-state index contributed by atoms with van der Waals surface area (Å²) < 4.78 is 31.8. The number of phenolic OH excluding ortho intramolecular Hbond substituents is 1. The first kappa shape index (κ1) is 20.5. The highest BCUT2D eigenvalue weighted by atomic mass is 35.5. The standard InChI is InChI=1S/C17H17Cl2NO5S/c1-2-25-16(21)11-20(10-12-6-4-3-5-7-12)26(23,24)15-9-13(18)8-14(19)17(15)22/h3-9,22H,2,10-11H2,1H3. The average molecular weight is 418 g/mol. The Morgan fingerprint density at radius 3 is 2.46 bits per heavy atom. The number of halogens is 2. The Balaban J connectivity index is 2.47. The van der Waals surface area contributed by atoms with Crippen molar-refractivity contribution in [3.8, 4) is 5.75 Å². The Kier molecular flexibility index (Phi) is 6.88. The summed E-state index contributed by atoms with van der Waals surface area (Å²) in [5.74, 6) is -1.34. The summed E-state index contributed by atoms with van der Waals surface area (Å²) in [4.78, 5) is 11.4. The topological polar surface area (TPSA) is 83.9 Å². The summed E-state index contributed by atoms with van der Waals surface area (Å²) in [5, 5.41) is 9.94. The number of hydrogen-bond donors (Lipinski definition) is 1. The molecular weight excluding hydrogens is 401 g/mol. The Morgan fingerprint density at radius 2 is 1.85 bits per heavy atom. The quantitative estimate of drug-likeness (QED) is 0.697. The van der Waals surface area contributed by atoms with Gasteiger partial charge in [-0.2, -0.15) is 4.31 Å². The van der Waals surface area contributed by atoms with Crippen molar-refractivity contribution in [2.45, 2.75) is 18.4 Å². The number of ether oxygens (including phenoxy) is 1. The molecule has 0 fully saturated rings. The molecule has 2 aromatic carbocycles. The van der Waals surface area contributed by atoms with Gasteiger partial charge in [-0.1, -0.05) is 53.5 Å². The maximum atomic E-state index is 13.0. The second kappa shape index (κ2) is 8.73. The molecule has 140 valence electrons. The molecule has 0 aliphatic rings. The number of rotatable bonds is 7. The summed E-state index contributed by atoms with van der Waals surface area (Å²) in [6, 6.07) is 11.0. The third-order valence-electron chi connectivity index (χ3n) is 3.42. The van der Waals surface area contributed by atoms with Crippen LogP contribution >= 0.6 is 23.2 Å². The molecule has 0 aliphatic heterocycles. The second-order valence-electron chi connectivity index (χ2n) is 5.30. The fourth-order valence-electron chi connectivity index (χ4n) is 2.24. The lowest BCUT2D eigenvalue weighted by Crippen LogP contribution is -2.36. The Bertz CT molecular complexity index is 888. The number of hydrogen-bond acceptors (Lipinski definition) is 5. The number of aromatic hydroxyl groups is 1. The Hall–Kier alpha value is -1.80. The van der Waals surface area contributed by atoms with E-state index in [1.165, 1.54) is 6.07 Å². The highest BCUT2D eigenvalue weighted by Crippen LogP contribution is 2.36. The third-order valence-corrected chi connectivity index (χ3v) is 5.73. The SMILES string of the molecule is CCOC(=O)CN(Cc1ccccc1)S(=O)(=O)c1cc(Cl)cc(Cl)c1O. The lowest BCUT2D eigenvalue weighted by Gasteiger charge is -2.22.